The summed E-state index contributed by atoms with van der Waals surface area (Å²) in [4.78, 5) is 7.98. The molecule has 0 saturated carbocycles. The number of methoxy groups -OCH3 is 1. The van der Waals surface area contributed by atoms with Gasteiger partial charge in [-0.1, -0.05) is 12.1 Å². The zero-order valence-electron chi connectivity index (χ0n) is 17.9. The van der Waals surface area contributed by atoms with E-state index in [0.717, 1.165) is 49.9 Å². The Labute approximate surface area is 187 Å². The number of aromatic amines is 2. The monoisotopic (exact) mass is 438 g/mol. The van der Waals surface area contributed by atoms with E-state index in [2.05, 4.69) is 31.3 Å². The molecule has 6 aromatic rings. The van der Waals surface area contributed by atoms with Crippen molar-refractivity contribution in [3.63, 3.8) is 0 Å². The van der Waals surface area contributed by atoms with Gasteiger partial charge in [-0.2, -0.15) is 10.2 Å². The maximum Gasteiger partial charge on any atom is 0.181 e. The van der Waals surface area contributed by atoms with Crippen molar-refractivity contribution in [3.05, 3.63) is 72.9 Å². The molecule has 0 aliphatic rings. The number of rotatable bonds is 4. The summed E-state index contributed by atoms with van der Waals surface area (Å²) in [5.74, 6) is 0.136. The number of ether oxygens (including phenoxy) is 1. The fraction of sp³-hybridized carbons (Fsp3) is 0.0800. The maximum absolute atomic E-state index is 14.2. The van der Waals surface area contributed by atoms with Crippen molar-refractivity contribution in [2.24, 2.45) is 7.05 Å². The largest absolute Gasteiger partial charge is 0.497 e. The lowest BCUT2D eigenvalue weighted by atomic mass is 10.0. The van der Waals surface area contributed by atoms with Gasteiger partial charge in [0, 0.05) is 52.9 Å². The second-order valence-electron chi connectivity index (χ2n) is 7.93. The number of nitrogens with one attached hydrogen (secondary N) is 2. The summed E-state index contributed by atoms with van der Waals surface area (Å²) < 4.78 is 21.2. The first kappa shape index (κ1) is 19.2. The van der Waals surface area contributed by atoms with Gasteiger partial charge in [-0.15, -0.1) is 0 Å². The second kappa shape index (κ2) is 7.30. The second-order valence-corrected chi connectivity index (χ2v) is 7.93. The lowest BCUT2D eigenvalue weighted by Gasteiger charge is -2.07. The van der Waals surface area contributed by atoms with E-state index in [1.165, 1.54) is 19.2 Å². The molecule has 0 aliphatic heterocycles. The Morgan fingerprint density at radius 2 is 1.88 bits per heavy atom. The van der Waals surface area contributed by atoms with Gasteiger partial charge in [0.2, 0.25) is 0 Å². The van der Waals surface area contributed by atoms with Gasteiger partial charge in [-0.3, -0.25) is 9.78 Å². The Balaban J connectivity index is 1.50. The molecule has 8 heteroatoms. The standard InChI is InChI=1S/C25H19FN6O/c1-32-13-16(12-28-32)15-8-21-24(30-31-25(21)27-11-15)23-10-20-19(4-3-5-22(20)29-23)14-6-17(26)9-18(7-14)33-2/h3-13,29H,1-2H3,(H,27,30,31). The summed E-state index contributed by atoms with van der Waals surface area (Å²) in [7, 11) is 3.42. The molecule has 2 aromatic carbocycles. The van der Waals surface area contributed by atoms with Gasteiger partial charge in [-0.05, 0) is 41.5 Å². The first-order chi connectivity index (χ1) is 16.1. The van der Waals surface area contributed by atoms with Crippen molar-refractivity contribution >= 4 is 21.9 Å². The van der Waals surface area contributed by atoms with E-state index in [4.69, 9.17) is 4.74 Å². The van der Waals surface area contributed by atoms with E-state index < -0.39 is 0 Å². The van der Waals surface area contributed by atoms with Gasteiger partial charge in [0.25, 0.3) is 0 Å². The van der Waals surface area contributed by atoms with Crippen LogP contribution >= 0.6 is 0 Å². The fourth-order valence-corrected chi connectivity index (χ4v) is 4.21. The van der Waals surface area contributed by atoms with E-state index in [-0.39, 0.29) is 5.82 Å². The van der Waals surface area contributed by atoms with Crippen LogP contribution in [0.15, 0.2) is 67.1 Å². The van der Waals surface area contributed by atoms with Crippen LogP contribution in [-0.4, -0.2) is 37.1 Å². The van der Waals surface area contributed by atoms with Crippen LogP contribution in [0.25, 0.3) is 55.6 Å². The Bertz CT molecular complexity index is 1640. The predicted molar refractivity (Wildman–Crippen MR) is 125 cm³/mol. The highest BCUT2D eigenvalue weighted by Crippen LogP contribution is 2.36. The molecule has 6 rings (SSSR count). The third-order valence-corrected chi connectivity index (χ3v) is 5.80. The smallest absolute Gasteiger partial charge is 0.181 e. The van der Waals surface area contributed by atoms with Crippen LogP contribution < -0.4 is 4.74 Å². The molecule has 0 unspecified atom stereocenters. The van der Waals surface area contributed by atoms with Gasteiger partial charge in [-0.25, -0.2) is 9.37 Å². The average Bonchev–Trinajstić information content (AvgIpc) is 3.55. The third-order valence-electron chi connectivity index (χ3n) is 5.80. The van der Waals surface area contributed by atoms with Crippen molar-refractivity contribution < 1.29 is 9.13 Å². The van der Waals surface area contributed by atoms with E-state index in [1.807, 2.05) is 49.8 Å². The SMILES string of the molecule is COc1cc(F)cc(-c2cccc3[nH]c(-c4[nH]nc5ncc(-c6cnn(C)c6)cc45)cc23)c1. The Morgan fingerprint density at radius 1 is 0.970 bits per heavy atom. The highest BCUT2D eigenvalue weighted by Gasteiger charge is 2.15. The van der Waals surface area contributed by atoms with Gasteiger partial charge < -0.3 is 9.72 Å². The third kappa shape index (κ3) is 3.23. The molecule has 0 bridgehead atoms. The fourth-order valence-electron chi connectivity index (χ4n) is 4.21. The van der Waals surface area contributed by atoms with Crippen LogP contribution in [0.5, 0.6) is 5.75 Å². The van der Waals surface area contributed by atoms with Crippen molar-refractivity contribution in [1.82, 2.24) is 29.9 Å². The Hall–Kier alpha value is -4.46. The molecule has 162 valence electrons. The number of aromatic nitrogens is 6. The summed E-state index contributed by atoms with van der Waals surface area (Å²) >= 11 is 0. The number of pyridine rings is 1. The molecule has 2 N–H and O–H groups in total. The average molecular weight is 438 g/mol. The molecule has 0 amide bonds. The minimum atomic E-state index is -0.342. The van der Waals surface area contributed by atoms with E-state index >= 15 is 0 Å². The molecule has 0 aliphatic carbocycles. The molecule has 0 saturated heterocycles. The van der Waals surface area contributed by atoms with Gasteiger partial charge in [0.05, 0.1) is 24.7 Å². The topological polar surface area (TPSA) is 84.4 Å². The number of hydrogen-bond acceptors (Lipinski definition) is 4. The number of nitrogens with zero attached hydrogens (tertiary/aromatic N) is 4. The lowest BCUT2D eigenvalue weighted by molar-refractivity contribution is 0.411. The van der Waals surface area contributed by atoms with Gasteiger partial charge >= 0.3 is 0 Å². The number of fused-ring (bicyclic) bond motifs is 2. The van der Waals surface area contributed by atoms with Crippen LogP contribution in [0, 0.1) is 5.82 Å². The first-order valence-corrected chi connectivity index (χ1v) is 10.4. The van der Waals surface area contributed by atoms with E-state index in [1.54, 1.807) is 10.9 Å². The van der Waals surface area contributed by atoms with Crippen LogP contribution in [0.4, 0.5) is 4.39 Å². The summed E-state index contributed by atoms with van der Waals surface area (Å²) in [5.41, 5.74) is 6.87. The number of benzene rings is 2. The molecular formula is C25H19FN6O. The molecule has 0 spiro atoms. The van der Waals surface area contributed by atoms with Gasteiger partial charge in [0.15, 0.2) is 5.65 Å². The number of H-pyrrole nitrogens is 2. The highest BCUT2D eigenvalue weighted by molar-refractivity contribution is 6.01. The normalized spacial score (nSPS) is 11.5. The van der Waals surface area contributed by atoms with Crippen molar-refractivity contribution in [3.8, 4) is 39.4 Å². The Morgan fingerprint density at radius 3 is 2.70 bits per heavy atom. The summed E-state index contributed by atoms with van der Waals surface area (Å²) in [6.07, 6.45) is 5.56. The number of hydrogen-bond donors (Lipinski definition) is 2. The molecule has 33 heavy (non-hydrogen) atoms. The van der Waals surface area contributed by atoms with E-state index in [0.29, 0.717) is 11.4 Å². The lowest BCUT2D eigenvalue weighted by Crippen LogP contribution is -1.87. The zero-order chi connectivity index (χ0) is 22.5. The molecule has 0 radical (unpaired) electrons. The molecule has 0 fully saturated rings. The maximum atomic E-state index is 14.2. The highest BCUT2D eigenvalue weighted by atomic mass is 19.1. The van der Waals surface area contributed by atoms with E-state index in [9.17, 15) is 4.39 Å². The van der Waals surface area contributed by atoms with Crippen LogP contribution in [-0.2, 0) is 7.05 Å². The first-order valence-electron chi connectivity index (χ1n) is 10.4. The molecule has 4 aromatic heterocycles. The molecular weight excluding hydrogens is 419 g/mol. The summed E-state index contributed by atoms with van der Waals surface area (Å²) in [6.45, 7) is 0. The minimum absolute atomic E-state index is 0.342. The molecule has 0 atom stereocenters. The predicted octanol–water partition coefficient (Wildman–Crippen LogP) is 5.32. The van der Waals surface area contributed by atoms with Crippen LogP contribution in [0.2, 0.25) is 0 Å². The van der Waals surface area contributed by atoms with Crippen molar-refractivity contribution in [1.29, 1.82) is 0 Å². The van der Waals surface area contributed by atoms with Gasteiger partial charge in [0.1, 0.15) is 11.6 Å². The van der Waals surface area contributed by atoms with Crippen LogP contribution in [0.3, 0.4) is 0 Å². The quantitative estimate of drug-likeness (QED) is 0.390. The molecule has 7 nitrogen and oxygen atoms in total. The van der Waals surface area contributed by atoms with Crippen molar-refractivity contribution in [2.45, 2.75) is 0 Å². The summed E-state index contributed by atoms with van der Waals surface area (Å²) in [6, 6.07) is 14.7. The summed E-state index contributed by atoms with van der Waals surface area (Å²) in [5, 5.41) is 13.6. The van der Waals surface area contributed by atoms with Crippen molar-refractivity contribution in [2.75, 3.05) is 7.11 Å². The number of aryl methyl sites for hydroxylation is 1. The zero-order valence-corrected chi connectivity index (χ0v) is 17.9. The molecule has 4 heterocycles. The Kier molecular flexibility index (Phi) is 4.26. The minimum Gasteiger partial charge on any atom is -0.497 e. The number of halogens is 1. The van der Waals surface area contributed by atoms with Crippen LogP contribution in [0.1, 0.15) is 0 Å².